The number of amides is 2. The van der Waals surface area contributed by atoms with Gasteiger partial charge in [0.05, 0.1) is 10.6 Å². The van der Waals surface area contributed by atoms with E-state index in [9.17, 15) is 9.59 Å². The van der Waals surface area contributed by atoms with Crippen LogP contribution in [-0.2, 0) is 0 Å². The van der Waals surface area contributed by atoms with Crippen LogP contribution >= 0.6 is 23.2 Å². The second-order valence-corrected chi connectivity index (χ2v) is 6.42. The lowest BCUT2D eigenvalue weighted by Crippen LogP contribution is -2.50. The lowest BCUT2D eigenvalue weighted by Gasteiger charge is -2.35. The third-order valence-electron chi connectivity index (χ3n) is 4.03. The van der Waals surface area contributed by atoms with Gasteiger partial charge in [-0.3, -0.25) is 9.59 Å². The lowest BCUT2D eigenvalue weighted by molar-refractivity contribution is 0.0535. The van der Waals surface area contributed by atoms with E-state index in [0.717, 1.165) is 0 Å². The van der Waals surface area contributed by atoms with Gasteiger partial charge in [0.25, 0.3) is 11.8 Å². The van der Waals surface area contributed by atoms with Crippen LogP contribution in [0.4, 0.5) is 0 Å². The maximum atomic E-state index is 12.5. The van der Waals surface area contributed by atoms with E-state index in [1.54, 1.807) is 58.3 Å². The summed E-state index contributed by atoms with van der Waals surface area (Å²) in [7, 11) is 0. The number of carbonyl (C=O) groups is 2. The number of halogens is 2. The Morgan fingerprint density at radius 3 is 2.04 bits per heavy atom. The number of nitrogens with zero attached hydrogens (tertiary/aromatic N) is 2. The first-order chi connectivity index (χ1) is 11.6. The highest BCUT2D eigenvalue weighted by Crippen LogP contribution is 2.19. The van der Waals surface area contributed by atoms with Gasteiger partial charge >= 0.3 is 0 Å². The van der Waals surface area contributed by atoms with Crippen LogP contribution in [0.15, 0.2) is 48.5 Å². The van der Waals surface area contributed by atoms with Crippen LogP contribution in [0.2, 0.25) is 10.0 Å². The molecule has 0 saturated carbocycles. The zero-order valence-electron chi connectivity index (χ0n) is 12.9. The molecule has 1 saturated heterocycles. The van der Waals surface area contributed by atoms with Crippen molar-refractivity contribution in [2.45, 2.75) is 0 Å². The van der Waals surface area contributed by atoms with E-state index in [2.05, 4.69) is 0 Å². The minimum atomic E-state index is -0.101. The van der Waals surface area contributed by atoms with Gasteiger partial charge in [-0.2, -0.15) is 0 Å². The number of benzene rings is 2. The second kappa shape index (κ2) is 7.24. The first-order valence-electron chi connectivity index (χ1n) is 7.65. The summed E-state index contributed by atoms with van der Waals surface area (Å²) in [5, 5.41) is 0.980. The maximum absolute atomic E-state index is 12.5. The fraction of sp³-hybridized carbons (Fsp3) is 0.222. The highest BCUT2D eigenvalue weighted by Gasteiger charge is 2.26. The summed E-state index contributed by atoms with van der Waals surface area (Å²) in [6, 6.07) is 13.9. The molecule has 1 aliphatic heterocycles. The van der Waals surface area contributed by atoms with E-state index >= 15 is 0 Å². The summed E-state index contributed by atoms with van der Waals surface area (Å²) in [4.78, 5) is 28.5. The monoisotopic (exact) mass is 362 g/mol. The number of rotatable bonds is 2. The minimum Gasteiger partial charge on any atom is -0.335 e. The first kappa shape index (κ1) is 16.8. The van der Waals surface area contributed by atoms with Gasteiger partial charge in [-0.25, -0.2) is 0 Å². The molecule has 0 radical (unpaired) electrons. The number of carbonyl (C=O) groups excluding carboxylic acids is 2. The van der Waals surface area contributed by atoms with Crippen LogP contribution in [0.25, 0.3) is 0 Å². The Morgan fingerprint density at radius 2 is 1.42 bits per heavy atom. The van der Waals surface area contributed by atoms with Gasteiger partial charge in [-0.05, 0) is 30.3 Å². The largest absolute Gasteiger partial charge is 0.335 e. The summed E-state index contributed by atoms with van der Waals surface area (Å²) < 4.78 is 0. The van der Waals surface area contributed by atoms with Gasteiger partial charge in [0, 0.05) is 36.8 Å². The normalized spacial score (nSPS) is 14.6. The molecule has 24 heavy (non-hydrogen) atoms. The second-order valence-electron chi connectivity index (χ2n) is 5.57. The molecule has 1 fully saturated rings. The van der Waals surface area contributed by atoms with E-state index in [0.29, 0.717) is 47.4 Å². The molecule has 2 aromatic rings. The molecule has 1 aliphatic rings. The Morgan fingerprint density at radius 1 is 0.792 bits per heavy atom. The van der Waals surface area contributed by atoms with Crippen molar-refractivity contribution in [3.8, 4) is 0 Å². The standard InChI is InChI=1S/C18H16Cl2N2O2/c19-14-5-3-4-13(12-14)17(23)21-8-10-22(11-9-21)18(24)15-6-1-2-7-16(15)20/h1-7,12H,8-11H2. The summed E-state index contributed by atoms with van der Waals surface area (Å²) in [5.41, 5.74) is 1.06. The van der Waals surface area contributed by atoms with E-state index in [1.807, 2.05) is 0 Å². The highest BCUT2D eigenvalue weighted by atomic mass is 35.5. The predicted molar refractivity (Wildman–Crippen MR) is 94.7 cm³/mol. The molecule has 2 aromatic carbocycles. The van der Waals surface area contributed by atoms with Gasteiger partial charge in [0.2, 0.25) is 0 Å². The molecule has 3 rings (SSSR count). The number of piperazine rings is 1. The molecule has 4 nitrogen and oxygen atoms in total. The minimum absolute atomic E-state index is 0.0673. The summed E-state index contributed by atoms with van der Waals surface area (Å²) in [6.45, 7) is 1.94. The Kier molecular flexibility index (Phi) is 5.07. The lowest BCUT2D eigenvalue weighted by atomic mass is 10.1. The zero-order chi connectivity index (χ0) is 17.1. The van der Waals surface area contributed by atoms with Crippen molar-refractivity contribution in [2.75, 3.05) is 26.2 Å². The van der Waals surface area contributed by atoms with Crippen LogP contribution in [0.5, 0.6) is 0 Å². The van der Waals surface area contributed by atoms with Crippen LogP contribution in [0.3, 0.4) is 0 Å². The van der Waals surface area contributed by atoms with E-state index in [-0.39, 0.29) is 11.8 Å². The number of hydrogen-bond donors (Lipinski definition) is 0. The Bertz CT molecular complexity index is 771. The average Bonchev–Trinajstić information content (AvgIpc) is 2.61. The predicted octanol–water partition coefficient (Wildman–Crippen LogP) is 3.59. The summed E-state index contributed by atoms with van der Waals surface area (Å²) >= 11 is 12.0. The first-order valence-corrected chi connectivity index (χ1v) is 8.40. The smallest absolute Gasteiger partial charge is 0.255 e. The molecule has 0 bridgehead atoms. The quantitative estimate of drug-likeness (QED) is 0.818. The molecule has 0 spiro atoms. The third-order valence-corrected chi connectivity index (χ3v) is 4.59. The molecule has 0 unspecified atom stereocenters. The van der Waals surface area contributed by atoms with Crippen LogP contribution < -0.4 is 0 Å². The van der Waals surface area contributed by atoms with Crippen molar-refractivity contribution in [3.05, 3.63) is 69.7 Å². The topological polar surface area (TPSA) is 40.6 Å². The van der Waals surface area contributed by atoms with Crippen molar-refractivity contribution < 1.29 is 9.59 Å². The molecule has 0 aliphatic carbocycles. The van der Waals surface area contributed by atoms with Crippen molar-refractivity contribution in [1.82, 2.24) is 9.80 Å². The van der Waals surface area contributed by atoms with E-state index in [4.69, 9.17) is 23.2 Å². The van der Waals surface area contributed by atoms with E-state index in [1.165, 1.54) is 0 Å². The van der Waals surface area contributed by atoms with Crippen molar-refractivity contribution in [3.63, 3.8) is 0 Å². The van der Waals surface area contributed by atoms with E-state index < -0.39 is 0 Å². The van der Waals surface area contributed by atoms with Gasteiger partial charge in [-0.15, -0.1) is 0 Å². The van der Waals surface area contributed by atoms with Crippen molar-refractivity contribution in [2.24, 2.45) is 0 Å². The van der Waals surface area contributed by atoms with Gasteiger partial charge in [0.1, 0.15) is 0 Å². The van der Waals surface area contributed by atoms with Gasteiger partial charge in [-0.1, -0.05) is 41.4 Å². The fourth-order valence-electron chi connectivity index (χ4n) is 2.72. The highest BCUT2D eigenvalue weighted by molar-refractivity contribution is 6.33. The zero-order valence-corrected chi connectivity index (χ0v) is 14.4. The Balaban J connectivity index is 1.65. The molecular formula is C18H16Cl2N2O2. The van der Waals surface area contributed by atoms with Crippen molar-refractivity contribution in [1.29, 1.82) is 0 Å². The third kappa shape index (κ3) is 3.55. The van der Waals surface area contributed by atoms with Gasteiger partial charge < -0.3 is 9.80 Å². The molecule has 124 valence electrons. The molecule has 0 atom stereocenters. The SMILES string of the molecule is O=C(c1cccc(Cl)c1)N1CCN(C(=O)c2ccccc2Cl)CC1. The molecule has 0 aromatic heterocycles. The average molecular weight is 363 g/mol. The molecule has 0 N–H and O–H groups in total. The molecular weight excluding hydrogens is 347 g/mol. The molecule has 2 amide bonds. The maximum Gasteiger partial charge on any atom is 0.255 e. The van der Waals surface area contributed by atoms with Crippen LogP contribution in [0.1, 0.15) is 20.7 Å². The Labute approximate surface area is 150 Å². The van der Waals surface area contributed by atoms with Crippen LogP contribution in [-0.4, -0.2) is 47.8 Å². The van der Waals surface area contributed by atoms with Crippen molar-refractivity contribution >= 4 is 35.0 Å². The summed E-state index contributed by atoms with van der Waals surface area (Å²) in [6.07, 6.45) is 0. The number of hydrogen-bond acceptors (Lipinski definition) is 2. The fourth-order valence-corrected chi connectivity index (χ4v) is 3.13. The molecule has 1 heterocycles. The van der Waals surface area contributed by atoms with Crippen LogP contribution in [0, 0.1) is 0 Å². The Hall–Kier alpha value is -2.04. The molecule has 6 heteroatoms. The summed E-state index contributed by atoms with van der Waals surface area (Å²) in [5.74, 6) is -0.169. The van der Waals surface area contributed by atoms with Gasteiger partial charge in [0.15, 0.2) is 0 Å².